The highest BCUT2D eigenvalue weighted by Gasteiger charge is 2.20. The van der Waals surface area contributed by atoms with Crippen molar-refractivity contribution in [2.24, 2.45) is 0 Å². The van der Waals surface area contributed by atoms with Crippen molar-refractivity contribution < 1.29 is 4.42 Å². The van der Waals surface area contributed by atoms with Crippen molar-refractivity contribution in [1.29, 1.82) is 0 Å². The van der Waals surface area contributed by atoms with Crippen LogP contribution in [0.3, 0.4) is 0 Å². The molecule has 11 rings (SSSR count). The third-order valence-electron chi connectivity index (χ3n) is 11.5. The molecular formula is C56H37NO. The molecule has 11 aromatic rings. The highest BCUT2D eigenvalue weighted by Crippen LogP contribution is 2.44. The zero-order valence-electron chi connectivity index (χ0n) is 31.7. The molecule has 10 aromatic carbocycles. The van der Waals surface area contributed by atoms with Gasteiger partial charge in [0, 0.05) is 33.1 Å². The number of para-hydroxylation sites is 1. The van der Waals surface area contributed by atoms with E-state index in [2.05, 4.69) is 229 Å². The van der Waals surface area contributed by atoms with Crippen LogP contribution in [-0.4, -0.2) is 0 Å². The van der Waals surface area contributed by atoms with Gasteiger partial charge in [-0.2, -0.15) is 0 Å². The van der Waals surface area contributed by atoms with Gasteiger partial charge in [-0.3, -0.25) is 0 Å². The first-order valence-corrected chi connectivity index (χ1v) is 19.8. The van der Waals surface area contributed by atoms with Crippen LogP contribution in [0.5, 0.6) is 0 Å². The maximum atomic E-state index is 6.56. The molecule has 0 unspecified atom stereocenters. The van der Waals surface area contributed by atoms with Gasteiger partial charge in [-0.15, -0.1) is 0 Å². The number of fused-ring (bicyclic) bond motifs is 6. The highest BCUT2D eigenvalue weighted by atomic mass is 16.3. The van der Waals surface area contributed by atoms with E-state index in [4.69, 9.17) is 4.42 Å². The normalized spacial score (nSPS) is 11.4. The molecule has 0 aliphatic carbocycles. The van der Waals surface area contributed by atoms with Gasteiger partial charge < -0.3 is 9.32 Å². The lowest BCUT2D eigenvalue weighted by Crippen LogP contribution is -2.11. The lowest BCUT2D eigenvalue weighted by atomic mass is 9.96. The van der Waals surface area contributed by atoms with E-state index in [9.17, 15) is 0 Å². The van der Waals surface area contributed by atoms with Crippen LogP contribution in [0.25, 0.3) is 88.0 Å². The second kappa shape index (κ2) is 14.1. The number of hydrogen-bond donors (Lipinski definition) is 0. The minimum atomic E-state index is 0.896. The van der Waals surface area contributed by atoms with Gasteiger partial charge in [0.1, 0.15) is 11.2 Å². The lowest BCUT2D eigenvalue weighted by Gasteiger charge is -2.28. The minimum absolute atomic E-state index is 0.896. The average Bonchev–Trinajstić information content (AvgIpc) is 3.70. The van der Waals surface area contributed by atoms with Gasteiger partial charge >= 0.3 is 0 Å². The van der Waals surface area contributed by atoms with Crippen molar-refractivity contribution in [2.75, 3.05) is 4.90 Å². The summed E-state index contributed by atoms with van der Waals surface area (Å²) >= 11 is 0. The summed E-state index contributed by atoms with van der Waals surface area (Å²) in [5, 5.41) is 7.05. The van der Waals surface area contributed by atoms with Gasteiger partial charge in [0.25, 0.3) is 0 Å². The van der Waals surface area contributed by atoms with Crippen molar-refractivity contribution in [1.82, 2.24) is 0 Å². The Balaban J connectivity index is 1.05. The summed E-state index contributed by atoms with van der Waals surface area (Å²) in [5.74, 6) is 0. The fraction of sp³-hybridized carbons (Fsp3) is 0. The van der Waals surface area contributed by atoms with Crippen molar-refractivity contribution in [3.63, 3.8) is 0 Å². The van der Waals surface area contributed by atoms with Gasteiger partial charge in [-0.25, -0.2) is 0 Å². The summed E-state index contributed by atoms with van der Waals surface area (Å²) in [5.41, 5.74) is 14.5. The molecule has 0 fully saturated rings. The summed E-state index contributed by atoms with van der Waals surface area (Å²) in [6, 6.07) is 80.7. The summed E-state index contributed by atoms with van der Waals surface area (Å²) in [6.07, 6.45) is 0. The molecule has 0 spiro atoms. The Bertz CT molecular complexity index is 3270. The van der Waals surface area contributed by atoms with Crippen molar-refractivity contribution >= 4 is 60.5 Å². The molecule has 0 radical (unpaired) electrons. The predicted octanol–water partition coefficient (Wildman–Crippen LogP) is 16.0. The summed E-state index contributed by atoms with van der Waals surface area (Å²) < 4.78 is 6.56. The number of rotatable bonds is 7. The zero-order valence-corrected chi connectivity index (χ0v) is 31.7. The van der Waals surface area contributed by atoms with Gasteiger partial charge in [-0.1, -0.05) is 176 Å². The molecule has 0 amide bonds. The fourth-order valence-corrected chi connectivity index (χ4v) is 8.59. The Hall–Kier alpha value is -7.68. The molecule has 2 nitrogen and oxygen atoms in total. The molecule has 0 bridgehead atoms. The second-order valence-electron chi connectivity index (χ2n) is 14.9. The standard InChI is InChI=1S/C56H37NO/c1-2-12-38(13-3-1)40-24-27-42(28-25-40)49-19-8-9-22-53(49)57(48-18-10-17-45(37-48)46-29-26-39-14-4-5-16-44(39)36-46)47-33-30-43(31-34-47)50-21-11-23-54-55(50)52-35-32-41-15-6-7-20-51(41)56(52)58-54/h1-37H. The minimum Gasteiger partial charge on any atom is -0.455 e. The van der Waals surface area contributed by atoms with E-state index >= 15 is 0 Å². The molecule has 1 heterocycles. The topological polar surface area (TPSA) is 16.4 Å². The van der Waals surface area contributed by atoms with Crippen LogP contribution in [0.2, 0.25) is 0 Å². The zero-order chi connectivity index (χ0) is 38.4. The maximum Gasteiger partial charge on any atom is 0.143 e. The Morgan fingerprint density at radius 2 is 0.897 bits per heavy atom. The van der Waals surface area contributed by atoms with Crippen LogP contribution in [0.1, 0.15) is 0 Å². The van der Waals surface area contributed by atoms with E-state index in [1.54, 1.807) is 0 Å². The number of benzene rings is 10. The van der Waals surface area contributed by atoms with Gasteiger partial charge in [0.05, 0.1) is 5.69 Å². The molecule has 0 saturated heterocycles. The molecule has 2 heteroatoms. The average molecular weight is 740 g/mol. The van der Waals surface area contributed by atoms with Gasteiger partial charge in [-0.05, 0) is 104 Å². The van der Waals surface area contributed by atoms with Gasteiger partial charge in [0.2, 0.25) is 0 Å². The van der Waals surface area contributed by atoms with Crippen LogP contribution in [0.15, 0.2) is 229 Å². The Morgan fingerprint density at radius 1 is 0.310 bits per heavy atom. The van der Waals surface area contributed by atoms with E-state index in [-0.39, 0.29) is 0 Å². The summed E-state index contributed by atoms with van der Waals surface area (Å²) in [6.45, 7) is 0. The quantitative estimate of drug-likeness (QED) is 0.162. The number of nitrogens with zero attached hydrogens (tertiary/aromatic N) is 1. The Kier molecular flexibility index (Phi) is 8.19. The molecule has 58 heavy (non-hydrogen) atoms. The Morgan fingerprint density at radius 3 is 1.76 bits per heavy atom. The summed E-state index contributed by atoms with van der Waals surface area (Å²) in [4.78, 5) is 2.40. The van der Waals surface area contributed by atoms with E-state index in [0.717, 1.165) is 66.6 Å². The first-order chi connectivity index (χ1) is 28.7. The first kappa shape index (κ1) is 33.6. The monoisotopic (exact) mass is 739 g/mol. The van der Waals surface area contributed by atoms with Crippen molar-refractivity contribution in [2.45, 2.75) is 0 Å². The molecule has 0 atom stereocenters. The van der Waals surface area contributed by atoms with E-state index < -0.39 is 0 Å². The third-order valence-corrected chi connectivity index (χ3v) is 11.5. The molecule has 0 N–H and O–H groups in total. The largest absolute Gasteiger partial charge is 0.455 e. The SMILES string of the molecule is c1ccc(-c2ccc(-c3ccccc3N(c3ccc(-c4cccc5oc6c7ccccc7ccc6c45)cc3)c3cccc(-c4ccc5ccccc5c4)c3)cc2)cc1. The van der Waals surface area contributed by atoms with Crippen molar-refractivity contribution in [3.8, 4) is 44.5 Å². The van der Waals surface area contributed by atoms with Crippen LogP contribution >= 0.6 is 0 Å². The molecule has 0 aliphatic heterocycles. The molecule has 272 valence electrons. The maximum absolute atomic E-state index is 6.56. The van der Waals surface area contributed by atoms with E-state index in [1.165, 1.54) is 38.4 Å². The van der Waals surface area contributed by atoms with Crippen LogP contribution in [-0.2, 0) is 0 Å². The smallest absolute Gasteiger partial charge is 0.143 e. The highest BCUT2D eigenvalue weighted by molar-refractivity contribution is 6.19. The second-order valence-corrected chi connectivity index (χ2v) is 14.9. The summed E-state index contributed by atoms with van der Waals surface area (Å²) in [7, 11) is 0. The third kappa shape index (κ3) is 5.91. The first-order valence-electron chi connectivity index (χ1n) is 19.8. The lowest BCUT2D eigenvalue weighted by molar-refractivity contribution is 0.673. The number of hydrogen-bond acceptors (Lipinski definition) is 2. The van der Waals surface area contributed by atoms with Crippen LogP contribution in [0, 0.1) is 0 Å². The van der Waals surface area contributed by atoms with E-state index in [0.29, 0.717) is 0 Å². The molecule has 0 saturated carbocycles. The predicted molar refractivity (Wildman–Crippen MR) is 245 cm³/mol. The van der Waals surface area contributed by atoms with E-state index in [1.807, 2.05) is 0 Å². The number of furan rings is 1. The molecular weight excluding hydrogens is 703 g/mol. The fourth-order valence-electron chi connectivity index (χ4n) is 8.59. The molecule has 0 aliphatic rings. The van der Waals surface area contributed by atoms with Crippen LogP contribution in [0.4, 0.5) is 17.1 Å². The van der Waals surface area contributed by atoms with Crippen molar-refractivity contribution in [3.05, 3.63) is 224 Å². The molecule has 1 aromatic heterocycles. The Labute approximate surface area is 337 Å². The number of anilines is 3. The van der Waals surface area contributed by atoms with Gasteiger partial charge in [0.15, 0.2) is 0 Å². The van der Waals surface area contributed by atoms with Crippen LogP contribution < -0.4 is 4.90 Å².